The van der Waals surface area contributed by atoms with Gasteiger partial charge in [-0.3, -0.25) is 4.79 Å². The molecule has 1 heterocycles. The second-order valence-electron chi connectivity index (χ2n) is 4.53. The molecule has 2 rings (SSSR count). The van der Waals surface area contributed by atoms with Gasteiger partial charge in [-0.15, -0.1) is 0 Å². The van der Waals surface area contributed by atoms with Gasteiger partial charge in [0, 0.05) is 25.8 Å². The Morgan fingerprint density at radius 1 is 1.44 bits per heavy atom. The Balaban J connectivity index is 2.27. The second-order valence-corrected chi connectivity index (χ2v) is 4.53. The molecule has 1 aromatic rings. The van der Waals surface area contributed by atoms with Gasteiger partial charge >= 0.3 is 0 Å². The molecule has 1 aliphatic heterocycles. The molecule has 5 heteroatoms. The van der Waals surface area contributed by atoms with Gasteiger partial charge in [0.05, 0.1) is 0 Å². The normalized spacial score (nSPS) is 20.4. The Morgan fingerprint density at radius 3 is 2.89 bits per heavy atom. The first-order valence-corrected chi connectivity index (χ1v) is 6.10. The maximum absolute atomic E-state index is 13.3. The minimum Gasteiger partial charge on any atom is -0.358 e. The highest BCUT2D eigenvalue weighted by Crippen LogP contribution is 2.23. The molecule has 1 aromatic carbocycles. The van der Waals surface area contributed by atoms with E-state index < -0.39 is 0 Å². The van der Waals surface area contributed by atoms with Gasteiger partial charge in [0.15, 0.2) is 0 Å². The number of halogens is 1. The van der Waals surface area contributed by atoms with E-state index in [4.69, 9.17) is 5.73 Å². The van der Waals surface area contributed by atoms with E-state index in [2.05, 4.69) is 0 Å². The molecule has 0 spiro atoms. The summed E-state index contributed by atoms with van der Waals surface area (Å²) >= 11 is 0. The highest BCUT2D eigenvalue weighted by molar-refractivity contribution is 5.86. The molecular weight excluding hydrogens is 233 g/mol. The van der Waals surface area contributed by atoms with Crippen molar-refractivity contribution in [2.24, 2.45) is 5.73 Å². The lowest BCUT2D eigenvalue weighted by Crippen LogP contribution is -2.56. The summed E-state index contributed by atoms with van der Waals surface area (Å²) in [7, 11) is 1.79. The first-order chi connectivity index (χ1) is 8.63. The third-order valence-electron chi connectivity index (χ3n) is 3.29. The van der Waals surface area contributed by atoms with Crippen molar-refractivity contribution < 1.29 is 9.18 Å². The van der Waals surface area contributed by atoms with E-state index in [-0.39, 0.29) is 17.8 Å². The highest BCUT2D eigenvalue weighted by atomic mass is 19.1. The fourth-order valence-corrected chi connectivity index (χ4v) is 2.31. The van der Waals surface area contributed by atoms with Crippen LogP contribution in [0.4, 0.5) is 10.1 Å². The monoisotopic (exact) mass is 251 g/mol. The molecule has 18 heavy (non-hydrogen) atoms. The van der Waals surface area contributed by atoms with Crippen molar-refractivity contribution in [3.8, 4) is 0 Å². The molecule has 0 aromatic heterocycles. The van der Waals surface area contributed by atoms with Gasteiger partial charge in [-0.25, -0.2) is 4.39 Å². The van der Waals surface area contributed by atoms with Gasteiger partial charge in [0.2, 0.25) is 5.91 Å². The van der Waals surface area contributed by atoms with E-state index >= 15 is 0 Å². The van der Waals surface area contributed by atoms with Gasteiger partial charge in [-0.1, -0.05) is 6.07 Å². The molecule has 1 atom stereocenters. The third-order valence-corrected chi connectivity index (χ3v) is 3.29. The van der Waals surface area contributed by atoms with E-state index in [0.717, 1.165) is 5.69 Å². The van der Waals surface area contributed by atoms with E-state index in [9.17, 15) is 9.18 Å². The van der Waals surface area contributed by atoms with Gasteiger partial charge in [-0.05, 0) is 31.2 Å². The fourth-order valence-electron chi connectivity index (χ4n) is 2.31. The Kier molecular flexibility index (Phi) is 3.81. The van der Waals surface area contributed by atoms with Crippen LogP contribution in [-0.2, 0) is 4.79 Å². The number of carbonyl (C=O) groups excluding carboxylic acids is 1. The SMILES string of the molecule is CN1CCN(c2cccc(F)c2)C(CCN)C1=O. The molecule has 1 unspecified atom stereocenters. The van der Waals surface area contributed by atoms with Crippen molar-refractivity contribution in [3.63, 3.8) is 0 Å². The van der Waals surface area contributed by atoms with Crippen molar-refractivity contribution in [2.45, 2.75) is 12.5 Å². The van der Waals surface area contributed by atoms with Crippen LogP contribution in [0.25, 0.3) is 0 Å². The number of anilines is 1. The lowest BCUT2D eigenvalue weighted by atomic mass is 10.1. The topological polar surface area (TPSA) is 49.6 Å². The molecule has 4 nitrogen and oxygen atoms in total. The summed E-state index contributed by atoms with van der Waals surface area (Å²) in [5.41, 5.74) is 6.31. The largest absolute Gasteiger partial charge is 0.358 e. The van der Waals surface area contributed by atoms with Crippen LogP contribution in [0.1, 0.15) is 6.42 Å². The summed E-state index contributed by atoms with van der Waals surface area (Å²) in [4.78, 5) is 15.8. The fraction of sp³-hybridized carbons (Fsp3) is 0.462. The molecule has 1 fully saturated rings. The Morgan fingerprint density at radius 2 is 2.22 bits per heavy atom. The zero-order chi connectivity index (χ0) is 13.1. The quantitative estimate of drug-likeness (QED) is 0.865. The molecule has 1 amide bonds. The standard InChI is InChI=1S/C13H18FN3O/c1-16-7-8-17(12(5-6-15)13(16)18)11-4-2-3-10(14)9-11/h2-4,9,12H,5-8,15H2,1H3. The lowest BCUT2D eigenvalue weighted by Gasteiger charge is -2.40. The van der Waals surface area contributed by atoms with Crippen molar-refractivity contribution in [2.75, 3.05) is 31.6 Å². The Labute approximate surface area is 106 Å². The number of rotatable bonds is 3. The lowest BCUT2D eigenvalue weighted by molar-refractivity contribution is -0.133. The molecule has 1 aliphatic rings. The number of hydrogen-bond donors (Lipinski definition) is 1. The first-order valence-electron chi connectivity index (χ1n) is 6.10. The van der Waals surface area contributed by atoms with Crippen LogP contribution in [0.3, 0.4) is 0 Å². The van der Waals surface area contributed by atoms with Crippen molar-refractivity contribution in [3.05, 3.63) is 30.1 Å². The number of hydrogen-bond acceptors (Lipinski definition) is 3. The molecular formula is C13H18FN3O. The van der Waals surface area contributed by atoms with E-state index in [1.807, 2.05) is 11.0 Å². The number of nitrogens with two attached hydrogens (primary N) is 1. The zero-order valence-corrected chi connectivity index (χ0v) is 10.5. The minimum absolute atomic E-state index is 0.0518. The summed E-state index contributed by atoms with van der Waals surface area (Å²) in [6.07, 6.45) is 0.583. The average Bonchev–Trinajstić information content (AvgIpc) is 2.35. The van der Waals surface area contributed by atoms with Crippen LogP contribution in [-0.4, -0.2) is 43.5 Å². The van der Waals surface area contributed by atoms with Gasteiger partial charge in [0.25, 0.3) is 0 Å². The van der Waals surface area contributed by atoms with Crippen LogP contribution in [0.15, 0.2) is 24.3 Å². The van der Waals surface area contributed by atoms with Crippen molar-refractivity contribution in [1.82, 2.24) is 4.90 Å². The summed E-state index contributed by atoms with van der Waals surface area (Å²) in [6, 6.07) is 6.06. The molecule has 0 radical (unpaired) electrons. The predicted molar refractivity (Wildman–Crippen MR) is 68.8 cm³/mol. The maximum atomic E-state index is 13.3. The molecule has 0 aliphatic carbocycles. The zero-order valence-electron chi connectivity index (χ0n) is 10.5. The summed E-state index contributed by atoms with van der Waals surface area (Å²) in [6.45, 7) is 1.79. The van der Waals surface area contributed by atoms with Crippen LogP contribution < -0.4 is 10.6 Å². The summed E-state index contributed by atoms with van der Waals surface area (Å²) in [5, 5.41) is 0. The number of likely N-dealkylation sites (N-methyl/N-ethyl adjacent to an activating group) is 1. The molecule has 98 valence electrons. The van der Waals surface area contributed by atoms with E-state index in [0.29, 0.717) is 26.1 Å². The van der Waals surface area contributed by atoms with Crippen LogP contribution in [0.5, 0.6) is 0 Å². The number of benzene rings is 1. The smallest absolute Gasteiger partial charge is 0.245 e. The number of amides is 1. The second kappa shape index (κ2) is 5.35. The number of piperazine rings is 1. The number of nitrogens with zero attached hydrogens (tertiary/aromatic N) is 2. The molecule has 0 bridgehead atoms. The molecule has 2 N–H and O–H groups in total. The highest BCUT2D eigenvalue weighted by Gasteiger charge is 2.32. The van der Waals surface area contributed by atoms with Gasteiger partial charge in [0.1, 0.15) is 11.9 Å². The van der Waals surface area contributed by atoms with Crippen LogP contribution in [0.2, 0.25) is 0 Å². The Hall–Kier alpha value is -1.62. The van der Waals surface area contributed by atoms with Gasteiger partial charge < -0.3 is 15.5 Å². The Bertz CT molecular complexity index is 438. The van der Waals surface area contributed by atoms with Crippen LogP contribution in [0, 0.1) is 5.82 Å². The number of carbonyl (C=O) groups is 1. The average molecular weight is 251 g/mol. The molecule has 1 saturated heterocycles. The van der Waals surface area contributed by atoms with Crippen LogP contribution >= 0.6 is 0 Å². The third kappa shape index (κ3) is 2.46. The predicted octanol–water partition coefficient (Wildman–Crippen LogP) is 0.821. The maximum Gasteiger partial charge on any atom is 0.245 e. The van der Waals surface area contributed by atoms with E-state index in [1.54, 1.807) is 18.0 Å². The van der Waals surface area contributed by atoms with Crippen molar-refractivity contribution >= 4 is 11.6 Å². The van der Waals surface area contributed by atoms with E-state index in [1.165, 1.54) is 12.1 Å². The molecule has 0 saturated carbocycles. The minimum atomic E-state index is -0.287. The van der Waals surface area contributed by atoms with Gasteiger partial charge in [-0.2, -0.15) is 0 Å². The summed E-state index contributed by atoms with van der Waals surface area (Å²) in [5.74, 6) is -0.235. The first kappa shape index (κ1) is 12.8. The summed E-state index contributed by atoms with van der Waals surface area (Å²) < 4.78 is 13.3. The van der Waals surface area contributed by atoms with Crippen molar-refractivity contribution in [1.29, 1.82) is 0 Å².